The second-order valence-electron chi connectivity index (χ2n) is 4.60. The SMILES string of the molecule is CC(C)[C@H](C(=O)[O-])N1Cc2ccccc2C1=O. The van der Waals surface area contributed by atoms with Crippen molar-refractivity contribution >= 4 is 11.9 Å². The van der Waals surface area contributed by atoms with E-state index in [-0.39, 0.29) is 11.8 Å². The van der Waals surface area contributed by atoms with Crippen LogP contribution < -0.4 is 5.11 Å². The zero-order valence-electron chi connectivity index (χ0n) is 9.84. The average Bonchev–Trinajstić information content (AvgIpc) is 2.56. The molecule has 1 heterocycles. The average molecular weight is 232 g/mol. The molecule has 1 atom stereocenters. The molecule has 0 fully saturated rings. The summed E-state index contributed by atoms with van der Waals surface area (Å²) in [5.41, 5.74) is 1.48. The lowest BCUT2D eigenvalue weighted by Crippen LogP contribution is -2.51. The van der Waals surface area contributed by atoms with Crippen molar-refractivity contribution in [2.75, 3.05) is 0 Å². The van der Waals surface area contributed by atoms with Gasteiger partial charge in [0.2, 0.25) is 0 Å². The van der Waals surface area contributed by atoms with E-state index in [9.17, 15) is 14.7 Å². The summed E-state index contributed by atoms with van der Waals surface area (Å²) in [5, 5.41) is 11.1. The quantitative estimate of drug-likeness (QED) is 0.758. The van der Waals surface area contributed by atoms with Crippen LogP contribution in [0.15, 0.2) is 24.3 Å². The fourth-order valence-electron chi connectivity index (χ4n) is 2.26. The fraction of sp³-hybridized carbons (Fsp3) is 0.385. The predicted octanol–water partition coefficient (Wildman–Crippen LogP) is 0.417. The second kappa shape index (κ2) is 4.20. The summed E-state index contributed by atoms with van der Waals surface area (Å²) in [4.78, 5) is 24.6. The normalized spacial score (nSPS) is 16.2. The molecule has 0 spiro atoms. The van der Waals surface area contributed by atoms with Gasteiger partial charge in [0.25, 0.3) is 5.91 Å². The van der Waals surface area contributed by atoms with Crippen LogP contribution in [-0.4, -0.2) is 22.8 Å². The Hall–Kier alpha value is -1.84. The molecule has 90 valence electrons. The Kier molecular flexibility index (Phi) is 2.88. The number of hydrogen-bond donors (Lipinski definition) is 0. The molecular formula is C13H14NO3-. The summed E-state index contributed by atoms with van der Waals surface area (Å²) >= 11 is 0. The van der Waals surface area contributed by atoms with Gasteiger partial charge in [-0.05, 0) is 17.5 Å². The van der Waals surface area contributed by atoms with Gasteiger partial charge in [0.05, 0.1) is 12.0 Å². The van der Waals surface area contributed by atoms with Crippen LogP contribution >= 0.6 is 0 Å². The Balaban J connectivity index is 2.33. The van der Waals surface area contributed by atoms with Gasteiger partial charge in [-0.15, -0.1) is 0 Å². The Morgan fingerprint density at radius 2 is 2.00 bits per heavy atom. The van der Waals surface area contributed by atoms with Gasteiger partial charge in [-0.25, -0.2) is 0 Å². The molecule has 0 saturated carbocycles. The first-order chi connectivity index (χ1) is 8.02. The third-order valence-corrected chi connectivity index (χ3v) is 3.06. The molecule has 0 N–H and O–H groups in total. The van der Waals surface area contributed by atoms with Gasteiger partial charge in [-0.2, -0.15) is 0 Å². The molecule has 0 radical (unpaired) electrons. The molecule has 0 bridgehead atoms. The number of carbonyl (C=O) groups is 2. The van der Waals surface area contributed by atoms with Crippen molar-refractivity contribution in [1.82, 2.24) is 4.90 Å². The molecular weight excluding hydrogens is 218 g/mol. The predicted molar refractivity (Wildman–Crippen MR) is 59.9 cm³/mol. The van der Waals surface area contributed by atoms with Crippen LogP contribution in [0.1, 0.15) is 29.8 Å². The first kappa shape index (κ1) is 11.6. The molecule has 1 aromatic rings. The van der Waals surface area contributed by atoms with Gasteiger partial charge in [-0.1, -0.05) is 32.0 Å². The van der Waals surface area contributed by atoms with E-state index in [1.54, 1.807) is 26.0 Å². The van der Waals surface area contributed by atoms with E-state index in [2.05, 4.69) is 0 Å². The number of amides is 1. The highest BCUT2D eigenvalue weighted by atomic mass is 16.4. The van der Waals surface area contributed by atoms with Crippen LogP contribution in [0, 0.1) is 5.92 Å². The number of nitrogens with zero attached hydrogens (tertiary/aromatic N) is 1. The van der Waals surface area contributed by atoms with Gasteiger partial charge in [0.1, 0.15) is 0 Å². The van der Waals surface area contributed by atoms with Gasteiger partial charge in [0, 0.05) is 12.1 Å². The summed E-state index contributed by atoms with van der Waals surface area (Å²) in [7, 11) is 0. The molecule has 4 heteroatoms. The smallest absolute Gasteiger partial charge is 0.255 e. The highest BCUT2D eigenvalue weighted by molar-refractivity contribution is 6.00. The number of carboxylic acid groups (broad SMARTS) is 1. The van der Waals surface area contributed by atoms with Crippen molar-refractivity contribution < 1.29 is 14.7 Å². The standard InChI is InChI=1S/C13H15NO3/c1-8(2)11(13(16)17)14-7-9-5-3-4-6-10(9)12(14)15/h3-6,8,11H,7H2,1-2H3,(H,16,17)/p-1/t11-/m1/s1. The lowest BCUT2D eigenvalue weighted by molar-refractivity contribution is -0.312. The Morgan fingerprint density at radius 3 is 2.53 bits per heavy atom. The van der Waals surface area contributed by atoms with Crippen molar-refractivity contribution in [3.05, 3.63) is 35.4 Å². The lowest BCUT2D eigenvalue weighted by Gasteiger charge is -2.31. The number of carbonyl (C=O) groups excluding carboxylic acids is 2. The van der Waals surface area contributed by atoms with Gasteiger partial charge < -0.3 is 14.8 Å². The van der Waals surface area contributed by atoms with Gasteiger partial charge in [-0.3, -0.25) is 4.79 Å². The highest BCUT2D eigenvalue weighted by Gasteiger charge is 2.34. The van der Waals surface area contributed by atoms with Crippen molar-refractivity contribution in [2.24, 2.45) is 5.92 Å². The maximum Gasteiger partial charge on any atom is 0.255 e. The Morgan fingerprint density at radius 1 is 1.35 bits per heavy atom. The molecule has 1 aromatic carbocycles. The van der Waals surface area contributed by atoms with Crippen molar-refractivity contribution in [1.29, 1.82) is 0 Å². The fourth-order valence-corrected chi connectivity index (χ4v) is 2.26. The minimum atomic E-state index is -1.19. The number of fused-ring (bicyclic) bond motifs is 1. The van der Waals surface area contributed by atoms with E-state index in [1.807, 2.05) is 12.1 Å². The van der Waals surface area contributed by atoms with E-state index in [0.717, 1.165) is 5.56 Å². The van der Waals surface area contributed by atoms with Crippen molar-refractivity contribution in [3.63, 3.8) is 0 Å². The summed E-state index contributed by atoms with van der Waals surface area (Å²) in [6.45, 7) is 3.90. The van der Waals surface area contributed by atoms with E-state index in [1.165, 1.54) is 4.90 Å². The molecule has 1 amide bonds. The Labute approximate surface area is 99.9 Å². The molecule has 0 aliphatic carbocycles. The Bertz CT molecular complexity index is 467. The minimum absolute atomic E-state index is 0.168. The number of benzene rings is 1. The number of hydrogen-bond acceptors (Lipinski definition) is 3. The molecule has 1 aliphatic rings. The van der Waals surface area contributed by atoms with Gasteiger partial charge in [0.15, 0.2) is 0 Å². The maximum atomic E-state index is 12.1. The maximum absolute atomic E-state index is 12.1. The van der Waals surface area contributed by atoms with Crippen LogP contribution in [0.25, 0.3) is 0 Å². The van der Waals surface area contributed by atoms with E-state index in [4.69, 9.17) is 0 Å². The molecule has 4 nitrogen and oxygen atoms in total. The van der Waals surface area contributed by atoms with E-state index < -0.39 is 12.0 Å². The van der Waals surface area contributed by atoms with Crippen LogP contribution in [0.2, 0.25) is 0 Å². The summed E-state index contributed by atoms with van der Waals surface area (Å²) in [6, 6.07) is 6.34. The van der Waals surface area contributed by atoms with Crippen LogP contribution in [0.5, 0.6) is 0 Å². The first-order valence-corrected chi connectivity index (χ1v) is 5.62. The number of rotatable bonds is 3. The van der Waals surface area contributed by atoms with Crippen molar-refractivity contribution in [2.45, 2.75) is 26.4 Å². The molecule has 0 aromatic heterocycles. The molecule has 0 saturated heterocycles. The molecule has 1 aliphatic heterocycles. The van der Waals surface area contributed by atoms with E-state index in [0.29, 0.717) is 12.1 Å². The zero-order valence-corrected chi connectivity index (χ0v) is 9.84. The van der Waals surface area contributed by atoms with Gasteiger partial charge >= 0.3 is 0 Å². The molecule has 2 rings (SSSR count). The van der Waals surface area contributed by atoms with Crippen LogP contribution in [-0.2, 0) is 11.3 Å². The van der Waals surface area contributed by atoms with Crippen LogP contribution in [0.3, 0.4) is 0 Å². The molecule has 17 heavy (non-hydrogen) atoms. The summed E-state index contributed by atoms with van der Waals surface area (Å²) < 4.78 is 0. The monoisotopic (exact) mass is 232 g/mol. The van der Waals surface area contributed by atoms with Crippen LogP contribution in [0.4, 0.5) is 0 Å². The topological polar surface area (TPSA) is 60.4 Å². The van der Waals surface area contributed by atoms with E-state index >= 15 is 0 Å². The zero-order chi connectivity index (χ0) is 12.6. The number of aliphatic carboxylic acids is 1. The first-order valence-electron chi connectivity index (χ1n) is 5.62. The second-order valence-corrected chi connectivity index (χ2v) is 4.60. The number of carboxylic acids is 1. The summed E-state index contributed by atoms with van der Waals surface area (Å²) in [6.07, 6.45) is 0. The minimum Gasteiger partial charge on any atom is -0.548 e. The summed E-state index contributed by atoms with van der Waals surface area (Å²) in [5.74, 6) is -1.58. The van der Waals surface area contributed by atoms with Crippen molar-refractivity contribution in [3.8, 4) is 0 Å². The highest BCUT2D eigenvalue weighted by Crippen LogP contribution is 2.26. The third kappa shape index (κ3) is 1.90. The lowest BCUT2D eigenvalue weighted by atomic mass is 10.0. The largest absolute Gasteiger partial charge is 0.548 e. The molecule has 0 unspecified atom stereocenters. The third-order valence-electron chi connectivity index (χ3n) is 3.06.